The maximum Gasteiger partial charge on any atom is 0.338 e. The molecule has 6 rings (SSSR count). The van der Waals surface area contributed by atoms with Gasteiger partial charge >= 0.3 is 5.97 Å². The summed E-state index contributed by atoms with van der Waals surface area (Å²) in [4.78, 5) is 12.5. The Bertz CT molecular complexity index is 1350. The Balaban J connectivity index is 1.49. The minimum absolute atomic E-state index is 0.186. The molecule has 0 saturated carbocycles. The summed E-state index contributed by atoms with van der Waals surface area (Å²) < 4.78 is 5.39. The van der Waals surface area contributed by atoms with Crippen molar-refractivity contribution in [1.29, 1.82) is 0 Å². The number of allylic oxidation sites excluding steroid dienone is 2. The third kappa shape index (κ3) is 3.31. The van der Waals surface area contributed by atoms with Crippen LogP contribution in [0.4, 0.5) is 5.69 Å². The van der Waals surface area contributed by atoms with Gasteiger partial charge in [0.25, 0.3) is 0 Å². The van der Waals surface area contributed by atoms with E-state index in [1.807, 2.05) is 19.1 Å². The van der Waals surface area contributed by atoms with Gasteiger partial charge in [-0.1, -0.05) is 67.6 Å². The Kier molecular flexibility index (Phi) is 4.91. The Labute approximate surface area is 194 Å². The molecule has 4 aromatic rings. The highest BCUT2D eigenvalue weighted by Crippen LogP contribution is 2.52. The molecule has 0 saturated heterocycles. The molecule has 1 N–H and O–H groups in total. The van der Waals surface area contributed by atoms with Crippen molar-refractivity contribution in [1.82, 2.24) is 0 Å². The number of hydrogen-bond donors (Lipinski definition) is 1. The van der Waals surface area contributed by atoms with Crippen LogP contribution in [0.25, 0.3) is 21.5 Å². The predicted molar refractivity (Wildman–Crippen MR) is 135 cm³/mol. The van der Waals surface area contributed by atoms with Crippen molar-refractivity contribution in [2.45, 2.75) is 31.7 Å². The summed E-state index contributed by atoms with van der Waals surface area (Å²) in [6.45, 7) is 2.46. The SMILES string of the molecule is CCCOC(=O)c1ccc2c(c1)C1C=CCC1C(c1c3ccccc3cc3ccccc13)N2. The minimum Gasteiger partial charge on any atom is -0.462 e. The van der Waals surface area contributed by atoms with Crippen LogP contribution >= 0.6 is 0 Å². The number of nitrogens with one attached hydrogen (secondary N) is 1. The van der Waals surface area contributed by atoms with Crippen LogP contribution in [0.2, 0.25) is 0 Å². The number of carbonyl (C=O) groups excluding carboxylic acids is 1. The van der Waals surface area contributed by atoms with Crippen molar-refractivity contribution in [3.63, 3.8) is 0 Å². The smallest absolute Gasteiger partial charge is 0.338 e. The van der Waals surface area contributed by atoms with Gasteiger partial charge in [-0.3, -0.25) is 0 Å². The number of rotatable bonds is 4. The topological polar surface area (TPSA) is 38.3 Å². The molecular weight excluding hydrogens is 406 g/mol. The number of esters is 1. The maximum atomic E-state index is 12.5. The van der Waals surface area contributed by atoms with Crippen LogP contribution in [0.1, 0.15) is 53.2 Å². The van der Waals surface area contributed by atoms with Gasteiger partial charge in [0.1, 0.15) is 0 Å². The first-order valence-corrected chi connectivity index (χ1v) is 11.9. The number of anilines is 1. The van der Waals surface area contributed by atoms with Crippen LogP contribution in [0.3, 0.4) is 0 Å². The molecule has 3 nitrogen and oxygen atoms in total. The molecule has 1 aliphatic heterocycles. The summed E-state index contributed by atoms with van der Waals surface area (Å²) in [6.07, 6.45) is 6.47. The lowest BCUT2D eigenvalue weighted by atomic mass is 9.75. The minimum atomic E-state index is -0.236. The first-order chi connectivity index (χ1) is 16.2. The van der Waals surface area contributed by atoms with Gasteiger partial charge in [-0.25, -0.2) is 4.79 Å². The van der Waals surface area contributed by atoms with Crippen molar-refractivity contribution in [2.24, 2.45) is 5.92 Å². The van der Waals surface area contributed by atoms with E-state index in [0.29, 0.717) is 18.1 Å². The fraction of sp³-hybridized carbons (Fsp3) is 0.233. The summed E-state index contributed by atoms with van der Waals surface area (Å²) in [5.41, 5.74) is 4.31. The number of carbonyl (C=O) groups is 1. The van der Waals surface area contributed by atoms with Crippen molar-refractivity contribution in [3.05, 3.63) is 102 Å². The Hall–Kier alpha value is -3.59. The first kappa shape index (κ1) is 20.0. The van der Waals surface area contributed by atoms with Crippen molar-refractivity contribution < 1.29 is 9.53 Å². The Morgan fingerprint density at radius 1 is 0.970 bits per heavy atom. The van der Waals surface area contributed by atoms with Crippen LogP contribution in [0.15, 0.2) is 84.9 Å². The maximum absolute atomic E-state index is 12.5. The van der Waals surface area contributed by atoms with Crippen LogP contribution in [-0.2, 0) is 4.74 Å². The molecule has 0 bridgehead atoms. The number of hydrogen-bond acceptors (Lipinski definition) is 3. The van der Waals surface area contributed by atoms with Crippen molar-refractivity contribution in [3.8, 4) is 0 Å². The summed E-state index contributed by atoms with van der Waals surface area (Å²) in [6, 6.07) is 25.9. The second-order valence-corrected chi connectivity index (χ2v) is 9.15. The van der Waals surface area contributed by atoms with Gasteiger partial charge in [0.05, 0.1) is 18.2 Å². The van der Waals surface area contributed by atoms with Gasteiger partial charge in [-0.05, 0) is 75.7 Å². The highest BCUT2D eigenvalue weighted by Gasteiger charge is 2.39. The lowest BCUT2D eigenvalue weighted by Crippen LogP contribution is -2.29. The molecule has 4 aromatic carbocycles. The third-order valence-corrected chi connectivity index (χ3v) is 7.16. The number of fused-ring (bicyclic) bond motifs is 5. The lowest BCUT2D eigenvalue weighted by molar-refractivity contribution is 0.0505. The quantitative estimate of drug-likeness (QED) is 0.207. The van der Waals surface area contributed by atoms with Crippen LogP contribution in [0.5, 0.6) is 0 Å². The molecular formula is C30H27NO2. The summed E-state index contributed by atoms with van der Waals surface area (Å²) in [5, 5.41) is 9.05. The molecule has 3 atom stereocenters. The zero-order valence-corrected chi connectivity index (χ0v) is 18.8. The van der Waals surface area contributed by atoms with Crippen LogP contribution in [0, 0.1) is 5.92 Å². The molecule has 3 heteroatoms. The fourth-order valence-electron chi connectivity index (χ4n) is 5.67. The zero-order valence-electron chi connectivity index (χ0n) is 18.8. The molecule has 0 spiro atoms. The summed E-state index contributed by atoms with van der Waals surface area (Å²) in [7, 11) is 0. The van der Waals surface area contributed by atoms with Crippen LogP contribution in [-0.4, -0.2) is 12.6 Å². The van der Waals surface area contributed by atoms with Gasteiger partial charge in [0.2, 0.25) is 0 Å². The van der Waals surface area contributed by atoms with E-state index in [1.54, 1.807) is 0 Å². The lowest BCUT2D eigenvalue weighted by Gasteiger charge is -2.38. The fourth-order valence-corrected chi connectivity index (χ4v) is 5.67. The Morgan fingerprint density at radius 2 is 1.70 bits per heavy atom. The molecule has 3 unspecified atom stereocenters. The molecule has 164 valence electrons. The van der Waals surface area contributed by atoms with E-state index >= 15 is 0 Å². The molecule has 1 aliphatic carbocycles. The van der Waals surface area contributed by atoms with E-state index in [-0.39, 0.29) is 17.9 Å². The van der Waals surface area contributed by atoms with E-state index in [1.165, 1.54) is 32.7 Å². The summed E-state index contributed by atoms with van der Waals surface area (Å²) in [5.74, 6) is 0.442. The van der Waals surface area contributed by atoms with Crippen LogP contribution < -0.4 is 5.32 Å². The molecule has 0 amide bonds. The molecule has 1 heterocycles. The number of ether oxygens (including phenoxy) is 1. The van der Waals surface area contributed by atoms with Gasteiger partial charge in [0.15, 0.2) is 0 Å². The second-order valence-electron chi connectivity index (χ2n) is 9.15. The molecule has 0 radical (unpaired) electrons. The van der Waals surface area contributed by atoms with Gasteiger partial charge < -0.3 is 10.1 Å². The average molecular weight is 434 g/mol. The monoisotopic (exact) mass is 433 g/mol. The predicted octanol–water partition coefficient (Wildman–Crippen LogP) is 7.39. The van der Waals surface area contributed by atoms with E-state index in [2.05, 4.69) is 78.1 Å². The van der Waals surface area contributed by atoms with Crippen molar-refractivity contribution >= 4 is 33.2 Å². The molecule has 2 aliphatic rings. The largest absolute Gasteiger partial charge is 0.462 e. The van der Waals surface area contributed by atoms with E-state index in [0.717, 1.165) is 18.5 Å². The highest BCUT2D eigenvalue weighted by molar-refractivity contribution is 6.03. The number of benzene rings is 4. The van der Waals surface area contributed by atoms with E-state index in [9.17, 15) is 4.79 Å². The highest BCUT2D eigenvalue weighted by atomic mass is 16.5. The van der Waals surface area contributed by atoms with E-state index < -0.39 is 0 Å². The summed E-state index contributed by atoms with van der Waals surface area (Å²) >= 11 is 0. The third-order valence-electron chi connectivity index (χ3n) is 7.16. The average Bonchev–Trinajstić information content (AvgIpc) is 3.35. The second kappa shape index (κ2) is 8.08. The Morgan fingerprint density at radius 3 is 2.42 bits per heavy atom. The molecule has 0 aromatic heterocycles. The normalized spacial score (nSPS) is 20.9. The standard InChI is InChI=1S/C30H27NO2/c1-2-16-33-30(32)21-14-15-27-26(18-21)24-12-7-13-25(24)29(31-27)28-22-10-5-3-8-19(22)17-20-9-4-6-11-23(20)28/h3-12,14-15,17-18,24-25,29,31H,2,13,16H2,1H3. The molecule has 33 heavy (non-hydrogen) atoms. The van der Waals surface area contributed by atoms with Gasteiger partial charge in [0, 0.05) is 11.6 Å². The first-order valence-electron chi connectivity index (χ1n) is 11.9. The molecule has 0 fully saturated rings. The van der Waals surface area contributed by atoms with E-state index in [4.69, 9.17) is 4.74 Å². The van der Waals surface area contributed by atoms with Crippen molar-refractivity contribution in [2.75, 3.05) is 11.9 Å². The van der Waals surface area contributed by atoms with Gasteiger partial charge in [-0.15, -0.1) is 0 Å². The van der Waals surface area contributed by atoms with Gasteiger partial charge in [-0.2, -0.15) is 0 Å². The zero-order chi connectivity index (χ0) is 22.4.